The first-order valence-corrected chi connectivity index (χ1v) is 5.93. The van der Waals surface area contributed by atoms with E-state index in [1.807, 2.05) is 0 Å². The Bertz CT molecular complexity index is 299. The minimum absolute atomic E-state index is 0.833. The maximum atomic E-state index is 3.40. The number of benzene rings is 1. The molecule has 0 radical (unpaired) electrons. The van der Waals surface area contributed by atoms with Gasteiger partial charge in [0.15, 0.2) is 0 Å². The lowest BCUT2D eigenvalue weighted by Gasteiger charge is -2.17. The summed E-state index contributed by atoms with van der Waals surface area (Å²) in [7, 11) is 0. The zero-order valence-electron chi connectivity index (χ0n) is 10.4. The Labute approximate surface area is 93.9 Å². The molecular formula is C14H23N. The smallest absolute Gasteiger partial charge is 0.0375 e. The van der Waals surface area contributed by atoms with Gasteiger partial charge in [0.1, 0.15) is 0 Å². The van der Waals surface area contributed by atoms with Gasteiger partial charge in [-0.15, -0.1) is 0 Å². The summed E-state index contributed by atoms with van der Waals surface area (Å²) in [5.74, 6) is 0.833. The van der Waals surface area contributed by atoms with E-state index >= 15 is 0 Å². The average molecular weight is 205 g/mol. The van der Waals surface area contributed by atoms with E-state index in [1.165, 1.54) is 29.7 Å². The Morgan fingerprint density at radius 2 is 1.87 bits per heavy atom. The van der Waals surface area contributed by atoms with Gasteiger partial charge < -0.3 is 5.32 Å². The molecule has 0 atom stereocenters. The average Bonchev–Trinajstić information content (AvgIpc) is 2.16. The number of anilines is 1. The summed E-state index contributed by atoms with van der Waals surface area (Å²) in [4.78, 5) is 0. The summed E-state index contributed by atoms with van der Waals surface area (Å²) in [5, 5.41) is 3.40. The van der Waals surface area contributed by atoms with Crippen molar-refractivity contribution >= 4 is 5.69 Å². The molecule has 15 heavy (non-hydrogen) atoms. The van der Waals surface area contributed by atoms with Gasteiger partial charge in [0.05, 0.1) is 0 Å². The van der Waals surface area contributed by atoms with E-state index in [0.717, 1.165) is 12.5 Å². The minimum atomic E-state index is 0.833. The molecular weight excluding hydrogens is 182 g/mol. The molecule has 0 spiro atoms. The van der Waals surface area contributed by atoms with Crippen molar-refractivity contribution in [3.63, 3.8) is 0 Å². The molecule has 2 rings (SSSR count). The normalized spacial score (nSPS) is 13.7. The molecule has 0 aromatic heterocycles. The van der Waals surface area contributed by atoms with Crippen molar-refractivity contribution in [2.24, 2.45) is 5.92 Å². The molecule has 0 bridgehead atoms. The van der Waals surface area contributed by atoms with E-state index in [1.54, 1.807) is 0 Å². The highest BCUT2D eigenvalue weighted by molar-refractivity contribution is 5.54. The van der Waals surface area contributed by atoms with Crippen molar-refractivity contribution in [2.75, 3.05) is 11.9 Å². The van der Waals surface area contributed by atoms with E-state index in [4.69, 9.17) is 0 Å². The molecule has 1 aliphatic rings. The zero-order valence-corrected chi connectivity index (χ0v) is 10.4. The highest BCUT2D eigenvalue weighted by atomic mass is 14.9. The van der Waals surface area contributed by atoms with Gasteiger partial charge in [0.25, 0.3) is 0 Å². The SMILES string of the molecule is CC(C)C.Cc1ccc2c(c1)NCCC2. The summed E-state index contributed by atoms with van der Waals surface area (Å²) in [6.07, 6.45) is 2.51. The first kappa shape index (κ1) is 12.1. The third-order valence-electron chi connectivity index (χ3n) is 2.20. The Morgan fingerprint density at radius 3 is 2.53 bits per heavy atom. The lowest BCUT2D eigenvalue weighted by molar-refractivity contribution is 0.737. The molecule has 0 saturated carbocycles. The van der Waals surface area contributed by atoms with E-state index in [0.29, 0.717) is 0 Å². The van der Waals surface area contributed by atoms with Crippen molar-refractivity contribution in [3.8, 4) is 0 Å². The quantitative estimate of drug-likeness (QED) is 0.674. The second-order valence-electron chi connectivity index (χ2n) is 4.92. The van der Waals surface area contributed by atoms with Crippen molar-refractivity contribution in [1.82, 2.24) is 0 Å². The molecule has 0 amide bonds. The molecule has 1 nitrogen and oxygen atoms in total. The van der Waals surface area contributed by atoms with Gasteiger partial charge in [0, 0.05) is 12.2 Å². The Morgan fingerprint density at radius 1 is 1.20 bits per heavy atom. The molecule has 1 N–H and O–H groups in total. The summed E-state index contributed by atoms with van der Waals surface area (Å²) in [6.45, 7) is 9.77. The van der Waals surface area contributed by atoms with Crippen LogP contribution in [0.3, 0.4) is 0 Å². The number of rotatable bonds is 0. The number of hydrogen-bond donors (Lipinski definition) is 1. The van der Waals surface area contributed by atoms with E-state index in [-0.39, 0.29) is 0 Å². The first-order valence-electron chi connectivity index (χ1n) is 5.93. The standard InChI is InChI=1S/C10H13N.C4H10/c1-8-4-5-9-3-2-6-11-10(9)7-8;1-4(2)3/h4-5,7,11H,2-3,6H2,1H3;4H,1-3H3. The maximum absolute atomic E-state index is 3.40. The molecule has 1 aliphatic heterocycles. The summed E-state index contributed by atoms with van der Waals surface area (Å²) < 4.78 is 0. The van der Waals surface area contributed by atoms with Gasteiger partial charge in [-0.05, 0) is 42.9 Å². The molecule has 0 unspecified atom stereocenters. The first-order chi connectivity index (χ1) is 7.09. The lowest BCUT2D eigenvalue weighted by Crippen LogP contribution is -2.11. The van der Waals surface area contributed by atoms with Crippen LogP contribution in [0.1, 0.15) is 38.3 Å². The summed E-state index contributed by atoms with van der Waals surface area (Å²) in [6, 6.07) is 6.65. The maximum Gasteiger partial charge on any atom is 0.0375 e. The van der Waals surface area contributed by atoms with Gasteiger partial charge in [0.2, 0.25) is 0 Å². The van der Waals surface area contributed by atoms with Gasteiger partial charge >= 0.3 is 0 Å². The fourth-order valence-electron chi connectivity index (χ4n) is 1.57. The molecule has 1 heteroatoms. The van der Waals surface area contributed by atoms with Crippen LogP contribution >= 0.6 is 0 Å². The molecule has 84 valence electrons. The van der Waals surface area contributed by atoms with Crippen LogP contribution in [0.4, 0.5) is 5.69 Å². The molecule has 1 aromatic rings. The van der Waals surface area contributed by atoms with E-state index < -0.39 is 0 Å². The van der Waals surface area contributed by atoms with Crippen LogP contribution in [0.5, 0.6) is 0 Å². The molecule has 0 saturated heterocycles. The predicted molar refractivity (Wildman–Crippen MR) is 68.5 cm³/mol. The fourth-order valence-corrected chi connectivity index (χ4v) is 1.57. The number of nitrogens with one attached hydrogen (secondary N) is 1. The van der Waals surface area contributed by atoms with Gasteiger partial charge in [-0.3, -0.25) is 0 Å². The predicted octanol–water partition coefficient (Wildman–Crippen LogP) is 4.02. The van der Waals surface area contributed by atoms with Crippen LogP contribution in [0.2, 0.25) is 0 Å². The molecule has 1 aromatic carbocycles. The zero-order chi connectivity index (χ0) is 11.3. The summed E-state index contributed by atoms with van der Waals surface area (Å²) in [5.41, 5.74) is 4.16. The minimum Gasteiger partial charge on any atom is -0.385 e. The second kappa shape index (κ2) is 5.79. The fraction of sp³-hybridized carbons (Fsp3) is 0.571. The topological polar surface area (TPSA) is 12.0 Å². The van der Waals surface area contributed by atoms with Crippen LogP contribution in [0.15, 0.2) is 18.2 Å². The van der Waals surface area contributed by atoms with Crippen LogP contribution < -0.4 is 5.32 Å². The highest BCUT2D eigenvalue weighted by Gasteiger charge is 2.06. The largest absolute Gasteiger partial charge is 0.385 e. The summed E-state index contributed by atoms with van der Waals surface area (Å²) >= 11 is 0. The third-order valence-corrected chi connectivity index (χ3v) is 2.20. The lowest BCUT2D eigenvalue weighted by atomic mass is 10.0. The third kappa shape index (κ3) is 4.37. The van der Waals surface area contributed by atoms with Crippen LogP contribution in [-0.4, -0.2) is 6.54 Å². The van der Waals surface area contributed by atoms with Crippen LogP contribution in [0, 0.1) is 12.8 Å². The second-order valence-corrected chi connectivity index (χ2v) is 4.92. The van der Waals surface area contributed by atoms with Crippen molar-refractivity contribution in [2.45, 2.75) is 40.5 Å². The molecule has 0 aliphatic carbocycles. The van der Waals surface area contributed by atoms with Crippen LogP contribution in [0.25, 0.3) is 0 Å². The Hall–Kier alpha value is -0.980. The van der Waals surface area contributed by atoms with Crippen molar-refractivity contribution in [1.29, 1.82) is 0 Å². The van der Waals surface area contributed by atoms with E-state index in [9.17, 15) is 0 Å². The molecule has 1 heterocycles. The number of aryl methyl sites for hydroxylation is 2. The van der Waals surface area contributed by atoms with Gasteiger partial charge in [-0.1, -0.05) is 32.9 Å². The Balaban J connectivity index is 0.000000245. The van der Waals surface area contributed by atoms with Gasteiger partial charge in [-0.2, -0.15) is 0 Å². The Kier molecular flexibility index (Phi) is 4.67. The van der Waals surface area contributed by atoms with Gasteiger partial charge in [-0.25, -0.2) is 0 Å². The van der Waals surface area contributed by atoms with Crippen molar-refractivity contribution < 1.29 is 0 Å². The van der Waals surface area contributed by atoms with E-state index in [2.05, 4.69) is 51.2 Å². The number of fused-ring (bicyclic) bond motifs is 1. The monoisotopic (exact) mass is 205 g/mol. The highest BCUT2D eigenvalue weighted by Crippen LogP contribution is 2.22. The number of hydrogen-bond acceptors (Lipinski definition) is 1. The van der Waals surface area contributed by atoms with Crippen LogP contribution in [-0.2, 0) is 6.42 Å². The van der Waals surface area contributed by atoms with Crippen molar-refractivity contribution in [3.05, 3.63) is 29.3 Å². The molecule has 0 fully saturated rings.